The molecule has 8 nitrogen and oxygen atoms in total. The van der Waals surface area contributed by atoms with Crippen molar-refractivity contribution in [1.29, 1.82) is 0 Å². The fourth-order valence-corrected chi connectivity index (χ4v) is 3.75. The van der Waals surface area contributed by atoms with Crippen LogP contribution in [0.4, 0.5) is 5.82 Å². The van der Waals surface area contributed by atoms with Gasteiger partial charge in [0.05, 0.1) is 20.3 Å². The summed E-state index contributed by atoms with van der Waals surface area (Å²) in [6, 6.07) is 9.57. The Hall–Kier alpha value is -2.71. The zero-order chi connectivity index (χ0) is 20.1. The van der Waals surface area contributed by atoms with Gasteiger partial charge in [0.25, 0.3) is 5.91 Å². The lowest BCUT2D eigenvalue weighted by molar-refractivity contribution is -0.169. The van der Waals surface area contributed by atoms with E-state index in [1.807, 2.05) is 24.3 Å². The number of benzene rings is 1. The van der Waals surface area contributed by atoms with Crippen LogP contribution in [-0.2, 0) is 15.9 Å². The van der Waals surface area contributed by atoms with Crippen LogP contribution >= 0.6 is 0 Å². The highest BCUT2D eigenvalue weighted by Crippen LogP contribution is 2.32. The Morgan fingerprint density at radius 3 is 2.76 bits per heavy atom. The fourth-order valence-electron chi connectivity index (χ4n) is 3.75. The molecule has 2 aliphatic rings. The molecular weight excluding hydrogens is 372 g/mol. The molecule has 0 atom stereocenters. The number of nitrogens with zero attached hydrogens (tertiary/aromatic N) is 3. The van der Waals surface area contributed by atoms with Crippen LogP contribution in [0.2, 0.25) is 0 Å². The van der Waals surface area contributed by atoms with Gasteiger partial charge < -0.3 is 24.4 Å². The maximum atomic E-state index is 12.5. The van der Waals surface area contributed by atoms with Crippen molar-refractivity contribution in [2.45, 2.75) is 25.0 Å². The molecule has 0 unspecified atom stereocenters. The van der Waals surface area contributed by atoms with E-state index < -0.39 is 5.79 Å². The van der Waals surface area contributed by atoms with E-state index >= 15 is 0 Å². The summed E-state index contributed by atoms with van der Waals surface area (Å²) in [5.74, 6) is 0.938. The normalized spacial score (nSPS) is 18.0. The van der Waals surface area contributed by atoms with Gasteiger partial charge in [0, 0.05) is 38.5 Å². The van der Waals surface area contributed by atoms with Crippen LogP contribution in [0, 0.1) is 0 Å². The van der Waals surface area contributed by atoms with Crippen molar-refractivity contribution in [3.63, 3.8) is 0 Å². The van der Waals surface area contributed by atoms with Gasteiger partial charge in [-0.2, -0.15) is 0 Å². The van der Waals surface area contributed by atoms with Crippen LogP contribution in [0.3, 0.4) is 0 Å². The van der Waals surface area contributed by atoms with Crippen LogP contribution in [0.15, 0.2) is 36.7 Å². The van der Waals surface area contributed by atoms with E-state index in [-0.39, 0.29) is 5.91 Å². The first-order chi connectivity index (χ1) is 14.2. The predicted octanol–water partition coefficient (Wildman–Crippen LogP) is 1.80. The largest absolute Gasteiger partial charge is 0.497 e. The summed E-state index contributed by atoms with van der Waals surface area (Å²) >= 11 is 0. The van der Waals surface area contributed by atoms with Crippen molar-refractivity contribution < 1.29 is 19.0 Å². The molecule has 29 heavy (non-hydrogen) atoms. The van der Waals surface area contributed by atoms with E-state index in [0.717, 1.165) is 49.5 Å². The first kappa shape index (κ1) is 19.6. The number of aromatic nitrogens is 2. The second-order valence-electron chi connectivity index (χ2n) is 7.21. The molecule has 2 aliphatic heterocycles. The zero-order valence-corrected chi connectivity index (χ0v) is 16.6. The van der Waals surface area contributed by atoms with Gasteiger partial charge in [-0.05, 0) is 24.1 Å². The Morgan fingerprint density at radius 1 is 1.21 bits per heavy atom. The molecule has 2 aromatic rings. The summed E-state index contributed by atoms with van der Waals surface area (Å²) in [7, 11) is 1.64. The number of methoxy groups -OCH3 is 1. The maximum Gasteiger partial charge on any atom is 0.270 e. The Balaban J connectivity index is 1.31. The predicted molar refractivity (Wildman–Crippen MR) is 107 cm³/mol. The average molecular weight is 398 g/mol. The van der Waals surface area contributed by atoms with Gasteiger partial charge in [-0.15, -0.1) is 0 Å². The van der Waals surface area contributed by atoms with Gasteiger partial charge in [-0.25, -0.2) is 9.97 Å². The Labute approximate surface area is 170 Å². The summed E-state index contributed by atoms with van der Waals surface area (Å²) in [4.78, 5) is 23.1. The monoisotopic (exact) mass is 398 g/mol. The second-order valence-corrected chi connectivity index (χ2v) is 7.21. The third-order valence-corrected chi connectivity index (χ3v) is 5.38. The van der Waals surface area contributed by atoms with E-state index in [1.165, 1.54) is 6.33 Å². The van der Waals surface area contributed by atoms with Crippen LogP contribution in [0.1, 0.15) is 28.9 Å². The lowest BCUT2D eigenvalue weighted by Crippen LogP contribution is -2.45. The van der Waals surface area contributed by atoms with Crippen molar-refractivity contribution in [3.8, 4) is 5.75 Å². The molecule has 4 rings (SSSR count). The van der Waals surface area contributed by atoms with Crippen molar-refractivity contribution in [3.05, 3.63) is 47.9 Å². The van der Waals surface area contributed by atoms with Gasteiger partial charge in [0.1, 0.15) is 23.6 Å². The molecule has 3 heterocycles. The topological polar surface area (TPSA) is 85.8 Å². The van der Waals surface area contributed by atoms with Crippen molar-refractivity contribution in [2.24, 2.45) is 0 Å². The van der Waals surface area contributed by atoms with Crippen LogP contribution in [0.25, 0.3) is 0 Å². The molecule has 154 valence electrons. The number of carbonyl (C=O) groups excluding carboxylic acids is 1. The molecule has 2 fully saturated rings. The van der Waals surface area contributed by atoms with Crippen molar-refractivity contribution in [1.82, 2.24) is 15.3 Å². The number of anilines is 1. The molecule has 0 radical (unpaired) electrons. The summed E-state index contributed by atoms with van der Waals surface area (Å²) in [5, 5.41) is 2.93. The molecule has 1 N–H and O–H groups in total. The third-order valence-electron chi connectivity index (χ3n) is 5.38. The third kappa shape index (κ3) is 4.65. The number of rotatable bonds is 6. The lowest BCUT2D eigenvalue weighted by Gasteiger charge is -2.38. The van der Waals surface area contributed by atoms with E-state index in [4.69, 9.17) is 14.2 Å². The molecule has 1 amide bonds. The first-order valence-electron chi connectivity index (χ1n) is 9.93. The minimum absolute atomic E-state index is 0.201. The summed E-state index contributed by atoms with van der Waals surface area (Å²) in [6.07, 6.45) is 3.74. The minimum Gasteiger partial charge on any atom is -0.497 e. The lowest BCUT2D eigenvalue weighted by atomic mass is 10.0. The average Bonchev–Trinajstić information content (AvgIpc) is 3.22. The maximum absolute atomic E-state index is 12.5. The number of piperidine rings is 1. The van der Waals surface area contributed by atoms with Gasteiger partial charge in [0.2, 0.25) is 0 Å². The molecule has 8 heteroatoms. The second kappa shape index (κ2) is 8.75. The first-order valence-corrected chi connectivity index (χ1v) is 9.93. The minimum atomic E-state index is -0.427. The molecule has 0 aliphatic carbocycles. The zero-order valence-electron chi connectivity index (χ0n) is 16.6. The summed E-state index contributed by atoms with van der Waals surface area (Å²) < 4.78 is 16.8. The Morgan fingerprint density at radius 2 is 2.00 bits per heavy atom. The van der Waals surface area contributed by atoms with Crippen LogP contribution in [0.5, 0.6) is 5.75 Å². The summed E-state index contributed by atoms with van der Waals surface area (Å²) in [5.41, 5.74) is 1.47. The summed E-state index contributed by atoms with van der Waals surface area (Å²) in [6.45, 7) is 3.38. The standard InChI is InChI=1S/C21H26N4O4/c1-27-17-4-2-3-16(13-17)5-8-22-20(26)18-14-19(24-15-23-18)25-9-6-21(7-10-25)28-11-12-29-21/h2-4,13-15H,5-12H2,1H3,(H,22,26). The SMILES string of the molecule is COc1cccc(CCNC(=O)c2cc(N3CCC4(CC3)OCCO4)ncn2)c1. The van der Waals surface area contributed by atoms with Crippen LogP contribution < -0.4 is 15.0 Å². The molecule has 1 spiro atoms. The Kier molecular flexibility index (Phi) is 5.92. The van der Waals surface area contributed by atoms with E-state index in [0.29, 0.717) is 25.5 Å². The quantitative estimate of drug-likeness (QED) is 0.794. The van der Waals surface area contributed by atoms with E-state index in [1.54, 1.807) is 13.2 Å². The number of ether oxygens (including phenoxy) is 3. The molecular formula is C21H26N4O4. The highest BCUT2D eigenvalue weighted by Gasteiger charge is 2.40. The number of hydrogen-bond donors (Lipinski definition) is 1. The van der Waals surface area contributed by atoms with E-state index in [9.17, 15) is 4.79 Å². The molecule has 1 aromatic heterocycles. The van der Waals surface area contributed by atoms with Crippen LogP contribution in [-0.4, -0.2) is 61.6 Å². The Bertz CT molecular complexity index is 844. The van der Waals surface area contributed by atoms with Gasteiger partial charge in [-0.1, -0.05) is 12.1 Å². The molecule has 0 bridgehead atoms. The van der Waals surface area contributed by atoms with Crippen molar-refractivity contribution >= 4 is 11.7 Å². The highest BCUT2D eigenvalue weighted by molar-refractivity contribution is 5.92. The van der Waals surface area contributed by atoms with E-state index in [2.05, 4.69) is 20.2 Å². The number of hydrogen-bond acceptors (Lipinski definition) is 7. The van der Waals surface area contributed by atoms with Gasteiger partial charge >= 0.3 is 0 Å². The number of amides is 1. The van der Waals surface area contributed by atoms with Gasteiger partial charge in [0.15, 0.2) is 5.79 Å². The van der Waals surface area contributed by atoms with Crippen molar-refractivity contribution in [2.75, 3.05) is 44.9 Å². The molecule has 2 saturated heterocycles. The smallest absolute Gasteiger partial charge is 0.270 e. The molecule has 1 aromatic carbocycles. The van der Waals surface area contributed by atoms with Gasteiger partial charge in [-0.3, -0.25) is 4.79 Å². The molecule has 0 saturated carbocycles. The number of carbonyl (C=O) groups is 1. The number of nitrogens with one attached hydrogen (secondary N) is 1. The fraction of sp³-hybridized carbons (Fsp3) is 0.476. The highest BCUT2D eigenvalue weighted by atomic mass is 16.7.